The highest BCUT2D eigenvalue weighted by atomic mass is 28.4. The van der Waals surface area contributed by atoms with Crippen molar-refractivity contribution in [2.45, 2.75) is 43.9 Å². The van der Waals surface area contributed by atoms with Crippen molar-refractivity contribution in [3.63, 3.8) is 0 Å². The summed E-state index contributed by atoms with van der Waals surface area (Å²) in [6.45, 7) is 15.6. The zero-order chi connectivity index (χ0) is 24.6. The first-order valence-electron chi connectivity index (χ1n) is 12.8. The van der Waals surface area contributed by atoms with Crippen LogP contribution in [0.3, 0.4) is 0 Å². The zero-order valence-corrected chi connectivity index (χ0v) is 23.7. The lowest BCUT2D eigenvalue weighted by Gasteiger charge is -2.51. The average molecular weight is 487 g/mol. The molecule has 0 heterocycles. The molecule has 2 heteroatoms. The maximum atomic E-state index is 2.60. The van der Waals surface area contributed by atoms with Crippen LogP contribution >= 0.6 is 0 Å². The Kier molecular flexibility index (Phi) is 4.84. The van der Waals surface area contributed by atoms with Crippen molar-refractivity contribution >= 4 is 37.7 Å². The topological polar surface area (TPSA) is 0 Å². The molecule has 174 valence electrons. The number of benzene rings is 5. The van der Waals surface area contributed by atoms with Crippen LogP contribution in [-0.4, -0.2) is 16.1 Å². The van der Waals surface area contributed by atoms with Crippen LogP contribution < -0.4 is 0 Å². The van der Waals surface area contributed by atoms with Crippen LogP contribution in [0.25, 0.3) is 43.8 Å². The highest BCUT2D eigenvalue weighted by Gasteiger charge is 2.59. The number of hydrogen-bond acceptors (Lipinski definition) is 0. The maximum Gasteiger partial charge on any atom is 0.0579 e. The van der Waals surface area contributed by atoms with E-state index in [9.17, 15) is 0 Å². The molecule has 0 aliphatic heterocycles. The van der Waals surface area contributed by atoms with Crippen molar-refractivity contribution in [1.82, 2.24) is 0 Å². The van der Waals surface area contributed by atoms with Crippen LogP contribution in [0.1, 0.15) is 11.1 Å². The predicted octanol–water partition coefficient (Wildman–Crippen LogP) is 9.68. The van der Waals surface area contributed by atoms with Gasteiger partial charge in [0, 0.05) is 4.66 Å². The molecule has 35 heavy (non-hydrogen) atoms. The van der Waals surface area contributed by atoms with E-state index in [4.69, 9.17) is 0 Å². The minimum absolute atomic E-state index is 0.169. The van der Waals surface area contributed by atoms with Crippen LogP contribution in [0.2, 0.25) is 39.3 Å². The third-order valence-electron chi connectivity index (χ3n) is 8.35. The number of rotatable bonds is 3. The van der Waals surface area contributed by atoms with E-state index < -0.39 is 16.1 Å². The summed E-state index contributed by atoms with van der Waals surface area (Å²) in [5.74, 6) is 0. The van der Waals surface area contributed by atoms with Gasteiger partial charge in [0.2, 0.25) is 0 Å². The number of hydrogen-bond donors (Lipinski definition) is 0. The van der Waals surface area contributed by atoms with Gasteiger partial charge < -0.3 is 0 Å². The van der Waals surface area contributed by atoms with Crippen LogP contribution in [0.15, 0.2) is 97.1 Å². The summed E-state index contributed by atoms with van der Waals surface area (Å²) in [6, 6.07) is 36.8. The zero-order valence-electron chi connectivity index (χ0n) is 21.7. The second-order valence-electron chi connectivity index (χ2n) is 12.2. The Labute approximate surface area is 211 Å². The molecule has 1 aliphatic carbocycles. The molecular weight excluding hydrogens is 453 g/mol. The van der Waals surface area contributed by atoms with Gasteiger partial charge in [-0.05, 0) is 61.0 Å². The molecule has 0 saturated carbocycles. The van der Waals surface area contributed by atoms with E-state index >= 15 is 0 Å². The van der Waals surface area contributed by atoms with E-state index in [1.807, 2.05) is 0 Å². The maximum absolute atomic E-state index is 2.60. The van der Waals surface area contributed by atoms with E-state index in [0.717, 1.165) is 0 Å². The predicted molar refractivity (Wildman–Crippen MR) is 160 cm³/mol. The van der Waals surface area contributed by atoms with Gasteiger partial charge in [0.05, 0.1) is 16.1 Å². The van der Waals surface area contributed by atoms with Crippen molar-refractivity contribution < 1.29 is 0 Å². The van der Waals surface area contributed by atoms with Crippen molar-refractivity contribution in [2.24, 2.45) is 0 Å². The van der Waals surface area contributed by atoms with E-state index in [2.05, 4.69) is 136 Å². The van der Waals surface area contributed by atoms with Crippen molar-refractivity contribution in [1.29, 1.82) is 0 Å². The normalized spacial score (nSPS) is 14.8. The van der Waals surface area contributed by atoms with Crippen LogP contribution in [0, 0.1) is 0 Å². The van der Waals surface area contributed by atoms with Gasteiger partial charge >= 0.3 is 0 Å². The fraction of sp³-hybridized carbons (Fsp3) is 0.212. The molecule has 0 radical (unpaired) electrons. The molecule has 0 fully saturated rings. The van der Waals surface area contributed by atoms with E-state index in [0.29, 0.717) is 0 Å². The molecule has 6 rings (SSSR count). The Balaban J connectivity index is 1.75. The summed E-state index contributed by atoms with van der Waals surface area (Å²) in [5, 5.41) is 5.31. The van der Waals surface area contributed by atoms with E-state index in [1.165, 1.54) is 43.8 Å². The van der Waals surface area contributed by atoms with Crippen molar-refractivity contribution in [2.75, 3.05) is 0 Å². The summed E-state index contributed by atoms with van der Waals surface area (Å²) >= 11 is 0. The SMILES string of the molecule is C[Si](C)(C)C1([Si](C)(C)C)c2ccccc2-c2ccc(-c3c4ccccc4cc4ccccc34)cc21. The summed E-state index contributed by atoms with van der Waals surface area (Å²) < 4.78 is 0.169. The smallest absolute Gasteiger partial charge is 0.0579 e. The summed E-state index contributed by atoms with van der Waals surface area (Å²) in [7, 11) is -3.36. The molecule has 0 aromatic heterocycles. The molecule has 0 unspecified atom stereocenters. The van der Waals surface area contributed by atoms with Gasteiger partial charge in [0.15, 0.2) is 0 Å². The van der Waals surface area contributed by atoms with Crippen molar-refractivity contribution in [3.8, 4) is 22.3 Å². The molecule has 0 bridgehead atoms. The highest BCUT2D eigenvalue weighted by molar-refractivity contribution is 6.99. The second kappa shape index (κ2) is 7.52. The molecular formula is C33H34Si2. The lowest BCUT2D eigenvalue weighted by atomic mass is 9.90. The first-order chi connectivity index (χ1) is 16.6. The summed E-state index contributed by atoms with van der Waals surface area (Å²) in [6.07, 6.45) is 0. The van der Waals surface area contributed by atoms with Crippen LogP contribution in [-0.2, 0) is 4.66 Å². The average Bonchev–Trinajstić information content (AvgIpc) is 3.13. The van der Waals surface area contributed by atoms with E-state index in [-0.39, 0.29) is 4.66 Å². The van der Waals surface area contributed by atoms with Crippen LogP contribution in [0.5, 0.6) is 0 Å². The van der Waals surface area contributed by atoms with Gasteiger partial charge in [0.1, 0.15) is 0 Å². The fourth-order valence-electron chi connectivity index (χ4n) is 7.50. The lowest BCUT2D eigenvalue weighted by Crippen LogP contribution is -2.63. The Hall–Kier alpha value is -2.95. The molecule has 0 amide bonds. The third-order valence-corrected chi connectivity index (χ3v) is 18.4. The number of fused-ring (bicyclic) bond motifs is 5. The Morgan fingerprint density at radius 3 is 1.60 bits per heavy atom. The van der Waals surface area contributed by atoms with Gasteiger partial charge in [-0.25, -0.2) is 0 Å². The largest absolute Gasteiger partial charge is 0.0688 e. The Morgan fingerprint density at radius 1 is 0.486 bits per heavy atom. The molecule has 0 atom stereocenters. The highest BCUT2D eigenvalue weighted by Crippen LogP contribution is 2.58. The van der Waals surface area contributed by atoms with E-state index in [1.54, 1.807) is 11.1 Å². The molecule has 0 N–H and O–H groups in total. The molecule has 0 saturated heterocycles. The molecule has 0 nitrogen and oxygen atoms in total. The summed E-state index contributed by atoms with van der Waals surface area (Å²) in [4.78, 5) is 0. The Morgan fingerprint density at radius 2 is 1.00 bits per heavy atom. The van der Waals surface area contributed by atoms with Gasteiger partial charge in [-0.1, -0.05) is 130 Å². The van der Waals surface area contributed by atoms with Crippen LogP contribution in [0.4, 0.5) is 0 Å². The van der Waals surface area contributed by atoms with Gasteiger partial charge in [-0.3, -0.25) is 0 Å². The van der Waals surface area contributed by atoms with Gasteiger partial charge in [0.25, 0.3) is 0 Å². The minimum atomic E-state index is -1.68. The van der Waals surface area contributed by atoms with Gasteiger partial charge in [-0.15, -0.1) is 0 Å². The lowest BCUT2D eigenvalue weighted by molar-refractivity contribution is 0.952. The standard InChI is InChI=1S/C33H34Si2/c1-34(2,3)33(35(4,5)6)30-18-12-11-17-28(30)29-20-19-25(22-31(29)33)32-26-15-9-7-13-23(26)21-24-14-8-10-16-27(24)32/h7-22H,1-6H3. The molecule has 0 spiro atoms. The summed E-state index contributed by atoms with van der Waals surface area (Å²) in [5.41, 5.74) is 8.82. The third kappa shape index (κ3) is 3.03. The van der Waals surface area contributed by atoms with Gasteiger partial charge in [-0.2, -0.15) is 0 Å². The quantitative estimate of drug-likeness (QED) is 0.176. The monoisotopic (exact) mass is 486 g/mol. The van der Waals surface area contributed by atoms with Crippen molar-refractivity contribution in [3.05, 3.63) is 108 Å². The first kappa shape index (κ1) is 22.5. The minimum Gasteiger partial charge on any atom is -0.0688 e. The molecule has 1 aliphatic rings. The Bertz CT molecular complexity index is 1540. The first-order valence-corrected chi connectivity index (χ1v) is 19.8. The molecule has 5 aromatic carbocycles. The molecule has 5 aromatic rings. The fourth-order valence-corrected chi connectivity index (χ4v) is 20.6. The second-order valence-corrected chi connectivity index (χ2v) is 23.2.